The number of piperidine rings is 1. The second kappa shape index (κ2) is 6.19. The average molecular weight is 266 g/mol. The number of aliphatic hydroxyl groups excluding tert-OH is 1. The summed E-state index contributed by atoms with van der Waals surface area (Å²) in [5, 5.41) is 13.1. The molecule has 1 amide bonds. The zero-order chi connectivity index (χ0) is 13.8. The van der Waals surface area contributed by atoms with Gasteiger partial charge in [-0.15, -0.1) is 0 Å². The number of rotatable bonds is 4. The standard InChI is InChI=1S/C14H22N2O3/c1-10-13(11(2)19-15-10)5-6-14(18)16-7-3-4-12(8-16)9-17/h12,17H,3-9H2,1-2H3. The lowest BCUT2D eigenvalue weighted by atomic mass is 9.98. The minimum atomic E-state index is 0.165. The Kier molecular flexibility index (Phi) is 4.58. The fourth-order valence-corrected chi connectivity index (χ4v) is 2.69. The molecule has 2 heterocycles. The fourth-order valence-electron chi connectivity index (χ4n) is 2.69. The van der Waals surface area contributed by atoms with Crippen molar-refractivity contribution in [3.05, 3.63) is 17.0 Å². The van der Waals surface area contributed by atoms with Crippen molar-refractivity contribution in [1.29, 1.82) is 0 Å². The highest BCUT2D eigenvalue weighted by molar-refractivity contribution is 5.76. The number of hydrogen-bond donors (Lipinski definition) is 1. The summed E-state index contributed by atoms with van der Waals surface area (Å²) < 4.78 is 5.10. The third-order valence-electron chi connectivity index (χ3n) is 3.90. The number of aliphatic hydroxyl groups is 1. The maximum Gasteiger partial charge on any atom is 0.222 e. The van der Waals surface area contributed by atoms with Crippen molar-refractivity contribution < 1.29 is 14.4 Å². The van der Waals surface area contributed by atoms with Crippen molar-refractivity contribution >= 4 is 5.91 Å². The largest absolute Gasteiger partial charge is 0.396 e. The molecule has 1 fully saturated rings. The minimum Gasteiger partial charge on any atom is -0.396 e. The van der Waals surface area contributed by atoms with Crippen LogP contribution < -0.4 is 0 Å². The van der Waals surface area contributed by atoms with Gasteiger partial charge in [-0.05, 0) is 39.0 Å². The Hall–Kier alpha value is -1.36. The van der Waals surface area contributed by atoms with Gasteiger partial charge in [-0.1, -0.05) is 5.16 Å². The molecule has 19 heavy (non-hydrogen) atoms. The summed E-state index contributed by atoms with van der Waals surface area (Å²) >= 11 is 0. The van der Waals surface area contributed by atoms with Gasteiger partial charge in [0.25, 0.3) is 0 Å². The van der Waals surface area contributed by atoms with Gasteiger partial charge in [-0.25, -0.2) is 0 Å². The van der Waals surface area contributed by atoms with Crippen LogP contribution in [0.2, 0.25) is 0 Å². The molecule has 106 valence electrons. The highest BCUT2D eigenvalue weighted by Crippen LogP contribution is 2.19. The van der Waals surface area contributed by atoms with E-state index >= 15 is 0 Å². The fraction of sp³-hybridized carbons (Fsp3) is 0.714. The number of aryl methyl sites for hydroxylation is 2. The third-order valence-corrected chi connectivity index (χ3v) is 3.90. The summed E-state index contributed by atoms with van der Waals surface area (Å²) in [5.41, 5.74) is 1.92. The van der Waals surface area contributed by atoms with Crippen molar-refractivity contribution in [2.75, 3.05) is 19.7 Å². The van der Waals surface area contributed by atoms with Gasteiger partial charge in [0, 0.05) is 31.7 Å². The SMILES string of the molecule is Cc1noc(C)c1CCC(=O)N1CCCC(CO)C1. The summed E-state index contributed by atoms with van der Waals surface area (Å²) in [6.45, 7) is 5.46. The van der Waals surface area contributed by atoms with Crippen LogP contribution in [-0.2, 0) is 11.2 Å². The predicted molar refractivity (Wildman–Crippen MR) is 70.7 cm³/mol. The maximum absolute atomic E-state index is 12.2. The van der Waals surface area contributed by atoms with Crippen LogP contribution in [0.25, 0.3) is 0 Å². The molecule has 1 saturated heterocycles. The molecule has 0 saturated carbocycles. The lowest BCUT2D eigenvalue weighted by Gasteiger charge is -2.31. The predicted octanol–water partition coefficient (Wildman–Crippen LogP) is 1.45. The number of nitrogens with zero attached hydrogens (tertiary/aromatic N) is 2. The second-order valence-electron chi connectivity index (χ2n) is 5.33. The lowest BCUT2D eigenvalue weighted by Crippen LogP contribution is -2.41. The van der Waals surface area contributed by atoms with Gasteiger partial charge in [0.2, 0.25) is 5.91 Å². The molecule has 5 heteroatoms. The highest BCUT2D eigenvalue weighted by atomic mass is 16.5. The van der Waals surface area contributed by atoms with Crippen molar-refractivity contribution in [3.8, 4) is 0 Å². The maximum atomic E-state index is 12.2. The monoisotopic (exact) mass is 266 g/mol. The molecular formula is C14H22N2O3. The molecule has 0 aliphatic carbocycles. The molecular weight excluding hydrogens is 244 g/mol. The number of carbonyl (C=O) groups is 1. The van der Waals surface area contributed by atoms with Gasteiger partial charge in [0.05, 0.1) is 5.69 Å². The molecule has 1 aromatic heterocycles. The van der Waals surface area contributed by atoms with Crippen LogP contribution in [0.3, 0.4) is 0 Å². The molecule has 1 aliphatic heterocycles. The number of hydrogen-bond acceptors (Lipinski definition) is 4. The first-order valence-electron chi connectivity index (χ1n) is 6.92. The summed E-state index contributed by atoms with van der Waals surface area (Å²) in [6.07, 6.45) is 3.17. The number of aromatic nitrogens is 1. The molecule has 1 unspecified atom stereocenters. The van der Waals surface area contributed by atoms with Gasteiger partial charge in [0.1, 0.15) is 5.76 Å². The highest BCUT2D eigenvalue weighted by Gasteiger charge is 2.23. The number of amides is 1. The average Bonchev–Trinajstić information content (AvgIpc) is 2.75. The Morgan fingerprint density at radius 3 is 2.95 bits per heavy atom. The van der Waals surface area contributed by atoms with Gasteiger partial charge >= 0.3 is 0 Å². The summed E-state index contributed by atoms with van der Waals surface area (Å²) in [5.74, 6) is 1.21. The first-order chi connectivity index (χ1) is 9.11. The minimum absolute atomic E-state index is 0.165. The van der Waals surface area contributed by atoms with E-state index in [0.29, 0.717) is 19.4 Å². The first-order valence-corrected chi connectivity index (χ1v) is 6.92. The smallest absolute Gasteiger partial charge is 0.222 e. The molecule has 2 rings (SSSR count). The second-order valence-corrected chi connectivity index (χ2v) is 5.33. The quantitative estimate of drug-likeness (QED) is 0.896. The molecule has 5 nitrogen and oxygen atoms in total. The van der Waals surface area contributed by atoms with Crippen LogP contribution in [0, 0.1) is 19.8 Å². The van der Waals surface area contributed by atoms with E-state index in [0.717, 1.165) is 36.4 Å². The Bertz CT molecular complexity index is 422. The molecule has 1 aliphatic rings. The topological polar surface area (TPSA) is 66.6 Å². The summed E-state index contributed by atoms with van der Waals surface area (Å²) in [7, 11) is 0. The molecule has 0 bridgehead atoms. The lowest BCUT2D eigenvalue weighted by molar-refractivity contribution is -0.133. The molecule has 1 atom stereocenters. The van der Waals surface area contributed by atoms with Gasteiger partial charge < -0.3 is 14.5 Å². The Labute approximate surface area is 113 Å². The normalized spacial score (nSPS) is 19.7. The van der Waals surface area contributed by atoms with E-state index in [1.54, 1.807) is 0 Å². The molecule has 0 radical (unpaired) electrons. The van der Waals surface area contributed by atoms with E-state index in [4.69, 9.17) is 4.52 Å². The van der Waals surface area contributed by atoms with Crippen LogP contribution in [0.15, 0.2) is 4.52 Å². The van der Waals surface area contributed by atoms with Gasteiger partial charge in [-0.2, -0.15) is 0 Å². The van der Waals surface area contributed by atoms with E-state index in [1.165, 1.54) is 0 Å². The van der Waals surface area contributed by atoms with E-state index in [1.807, 2.05) is 18.7 Å². The van der Waals surface area contributed by atoms with Crippen LogP contribution >= 0.6 is 0 Å². The first kappa shape index (κ1) is 14.1. The van der Waals surface area contributed by atoms with Crippen molar-refractivity contribution in [1.82, 2.24) is 10.1 Å². The molecule has 1 N–H and O–H groups in total. The summed E-state index contributed by atoms with van der Waals surface area (Å²) in [6, 6.07) is 0. The Balaban J connectivity index is 1.87. The number of likely N-dealkylation sites (tertiary alicyclic amines) is 1. The van der Waals surface area contributed by atoms with Crippen molar-refractivity contribution in [2.45, 2.75) is 39.5 Å². The molecule has 0 spiro atoms. The number of carbonyl (C=O) groups excluding carboxylic acids is 1. The van der Waals surface area contributed by atoms with Gasteiger partial charge in [-0.3, -0.25) is 4.79 Å². The zero-order valence-corrected chi connectivity index (χ0v) is 11.7. The van der Waals surface area contributed by atoms with E-state index in [2.05, 4.69) is 5.16 Å². The van der Waals surface area contributed by atoms with E-state index in [9.17, 15) is 9.90 Å². The van der Waals surface area contributed by atoms with Crippen LogP contribution in [0.4, 0.5) is 0 Å². The molecule has 1 aromatic rings. The van der Waals surface area contributed by atoms with Crippen LogP contribution in [0.5, 0.6) is 0 Å². The van der Waals surface area contributed by atoms with E-state index in [-0.39, 0.29) is 18.4 Å². The molecule has 0 aromatic carbocycles. The third kappa shape index (κ3) is 3.35. The van der Waals surface area contributed by atoms with Crippen molar-refractivity contribution in [3.63, 3.8) is 0 Å². The van der Waals surface area contributed by atoms with Crippen LogP contribution in [0.1, 0.15) is 36.3 Å². The van der Waals surface area contributed by atoms with E-state index < -0.39 is 0 Å². The summed E-state index contributed by atoms with van der Waals surface area (Å²) in [4.78, 5) is 14.0. The van der Waals surface area contributed by atoms with Crippen LogP contribution in [-0.4, -0.2) is 40.8 Å². The Morgan fingerprint density at radius 1 is 1.53 bits per heavy atom. The Morgan fingerprint density at radius 2 is 2.32 bits per heavy atom. The van der Waals surface area contributed by atoms with Gasteiger partial charge in [0.15, 0.2) is 0 Å². The van der Waals surface area contributed by atoms with Crippen molar-refractivity contribution in [2.24, 2.45) is 5.92 Å². The zero-order valence-electron chi connectivity index (χ0n) is 11.7.